The van der Waals surface area contributed by atoms with Crippen molar-refractivity contribution in [1.29, 1.82) is 0 Å². The molecule has 1 amide bonds. The zero-order chi connectivity index (χ0) is 15.6. The highest BCUT2D eigenvalue weighted by Crippen LogP contribution is 2.23. The summed E-state index contributed by atoms with van der Waals surface area (Å²) in [6, 6.07) is 8.28. The lowest BCUT2D eigenvalue weighted by Gasteiger charge is -2.20. The first-order chi connectivity index (χ1) is 9.78. The SMILES string of the molecule is CC(Cn1cc(CNC(C)(C)C)c2ccccc21)C(N)=O. The molecule has 2 aromatic rings. The number of rotatable bonds is 5. The summed E-state index contributed by atoms with van der Waals surface area (Å²) < 4.78 is 2.13. The van der Waals surface area contributed by atoms with Gasteiger partial charge in [0.1, 0.15) is 0 Å². The molecule has 0 aliphatic rings. The number of carbonyl (C=O) groups excluding carboxylic acids is 1. The third kappa shape index (κ3) is 3.85. The molecule has 0 saturated heterocycles. The van der Waals surface area contributed by atoms with Crippen molar-refractivity contribution in [3.63, 3.8) is 0 Å². The minimum atomic E-state index is -0.262. The van der Waals surface area contributed by atoms with Crippen molar-refractivity contribution in [3.8, 4) is 0 Å². The summed E-state index contributed by atoms with van der Waals surface area (Å²) >= 11 is 0. The Bertz CT molecular complexity index is 637. The van der Waals surface area contributed by atoms with Crippen LogP contribution in [0.25, 0.3) is 10.9 Å². The molecule has 1 aromatic heterocycles. The van der Waals surface area contributed by atoms with Gasteiger partial charge in [0.05, 0.1) is 5.92 Å². The smallest absolute Gasteiger partial charge is 0.222 e. The summed E-state index contributed by atoms with van der Waals surface area (Å²) in [5.74, 6) is -0.439. The van der Waals surface area contributed by atoms with Gasteiger partial charge in [0, 0.05) is 35.7 Å². The second-order valence-electron chi connectivity index (χ2n) is 6.73. The Hall–Kier alpha value is -1.81. The summed E-state index contributed by atoms with van der Waals surface area (Å²) in [6.45, 7) is 9.75. The van der Waals surface area contributed by atoms with Crippen LogP contribution in [-0.4, -0.2) is 16.0 Å². The third-order valence-corrected chi connectivity index (χ3v) is 3.64. The van der Waals surface area contributed by atoms with Gasteiger partial charge in [0.15, 0.2) is 0 Å². The van der Waals surface area contributed by atoms with Crippen molar-refractivity contribution >= 4 is 16.8 Å². The van der Waals surface area contributed by atoms with Crippen LogP contribution in [0, 0.1) is 5.92 Å². The van der Waals surface area contributed by atoms with E-state index in [4.69, 9.17) is 5.73 Å². The van der Waals surface area contributed by atoms with Gasteiger partial charge in [0.2, 0.25) is 5.91 Å². The molecule has 1 atom stereocenters. The second-order valence-corrected chi connectivity index (χ2v) is 6.73. The summed E-state index contributed by atoms with van der Waals surface area (Å²) in [6.07, 6.45) is 2.13. The van der Waals surface area contributed by atoms with Crippen LogP contribution in [0.1, 0.15) is 33.3 Å². The van der Waals surface area contributed by atoms with E-state index in [9.17, 15) is 4.79 Å². The van der Waals surface area contributed by atoms with E-state index in [0.29, 0.717) is 6.54 Å². The maximum atomic E-state index is 11.3. The average Bonchev–Trinajstić information content (AvgIpc) is 2.74. The van der Waals surface area contributed by atoms with Crippen LogP contribution in [0.5, 0.6) is 0 Å². The first-order valence-corrected chi connectivity index (χ1v) is 7.39. The van der Waals surface area contributed by atoms with Crippen molar-refractivity contribution < 1.29 is 4.79 Å². The number of fused-ring (bicyclic) bond motifs is 1. The zero-order valence-corrected chi connectivity index (χ0v) is 13.3. The summed E-state index contributed by atoms with van der Waals surface area (Å²) in [4.78, 5) is 11.3. The van der Waals surface area contributed by atoms with Gasteiger partial charge < -0.3 is 15.6 Å². The number of hydrogen-bond donors (Lipinski definition) is 2. The van der Waals surface area contributed by atoms with E-state index in [1.165, 1.54) is 10.9 Å². The maximum absolute atomic E-state index is 11.3. The molecule has 2 rings (SSSR count). The molecule has 0 aliphatic carbocycles. The molecule has 0 radical (unpaired) electrons. The van der Waals surface area contributed by atoms with Gasteiger partial charge in [-0.1, -0.05) is 25.1 Å². The summed E-state index contributed by atoms with van der Waals surface area (Å²) in [5.41, 5.74) is 7.86. The molecule has 3 N–H and O–H groups in total. The fraction of sp³-hybridized carbons (Fsp3) is 0.471. The number of nitrogens with zero attached hydrogens (tertiary/aromatic N) is 1. The highest BCUT2D eigenvalue weighted by Gasteiger charge is 2.15. The lowest BCUT2D eigenvalue weighted by molar-refractivity contribution is -0.121. The van der Waals surface area contributed by atoms with Gasteiger partial charge in [0.25, 0.3) is 0 Å². The van der Waals surface area contributed by atoms with Crippen LogP contribution in [0.4, 0.5) is 0 Å². The van der Waals surface area contributed by atoms with Gasteiger partial charge in [-0.15, -0.1) is 0 Å². The predicted octanol–water partition coefficient (Wildman–Crippen LogP) is 2.65. The van der Waals surface area contributed by atoms with E-state index in [0.717, 1.165) is 12.1 Å². The summed E-state index contributed by atoms with van der Waals surface area (Å²) in [5, 5.41) is 4.74. The van der Waals surface area contributed by atoms with Gasteiger partial charge in [-0.2, -0.15) is 0 Å². The van der Waals surface area contributed by atoms with Crippen molar-refractivity contribution in [2.24, 2.45) is 11.7 Å². The number of para-hydroxylation sites is 1. The monoisotopic (exact) mass is 287 g/mol. The Labute approximate surface area is 126 Å². The predicted molar refractivity (Wildman–Crippen MR) is 86.9 cm³/mol. The molecule has 1 heterocycles. The lowest BCUT2D eigenvalue weighted by Crippen LogP contribution is -2.35. The molecule has 0 spiro atoms. The van der Waals surface area contributed by atoms with Gasteiger partial charge in [-0.05, 0) is 32.4 Å². The minimum absolute atomic E-state index is 0.0731. The van der Waals surface area contributed by atoms with Gasteiger partial charge >= 0.3 is 0 Å². The molecule has 0 saturated carbocycles. The van der Waals surface area contributed by atoms with Crippen LogP contribution in [0.2, 0.25) is 0 Å². The topological polar surface area (TPSA) is 60.1 Å². The standard InChI is InChI=1S/C17H25N3O/c1-12(16(18)21)10-20-11-13(9-19-17(2,3)4)14-7-5-6-8-15(14)20/h5-8,11-12,19H,9-10H2,1-4H3,(H2,18,21). The molecule has 0 fully saturated rings. The molecular formula is C17H25N3O. The number of nitrogens with one attached hydrogen (secondary N) is 1. The van der Waals surface area contributed by atoms with E-state index >= 15 is 0 Å². The third-order valence-electron chi connectivity index (χ3n) is 3.64. The first kappa shape index (κ1) is 15.6. The minimum Gasteiger partial charge on any atom is -0.369 e. The largest absolute Gasteiger partial charge is 0.369 e. The fourth-order valence-electron chi connectivity index (χ4n) is 2.36. The molecule has 0 aliphatic heterocycles. The summed E-state index contributed by atoms with van der Waals surface area (Å²) in [7, 11) is 0. The Morgan fingerprint density at radius 2 is 2.00 bits per heavy atom. The van der Waals surface area contributed by atoms with E-state index in [2.05, 4.69) is 49.0 Å². The molecule has 114 valence electrons. The first-order valence-electron chi connectivity index (χ1n) is 7.39. The van der Waals surface area contributed by atoms with Crippen LogP contribution in [0.3, 0.4) is 0 Å². The molecule has 0 bridgehead atoms. The molecular weight excluding hydrogens is 262 g/mol. The maximum Gasteiger partial charge on any atom is 0.222 e. The van der Waals surface area contributed by atoms with Crippen LogP contribution < -0.4 is 11.1 Å². The molecule has 4 nitrogen and oxygen atoms in total. The van der Waals surface area contributed by atoms with E-state index in [1.54, 1.807) is 0 Å². The highest BCUT2D eigenvalue weighted by atomic mass is 16.1. The Morgan fingerprint density at radius 1 is 1.33 bits per heavy atom. The van der Waals surface area contributed by atoms with Crippen LogP contribution >= 0.6 is 0 Å². The Balaban J connectivity index is 2.32. The fourth-order valence-corrected chi connectivity index (χ4v) is 2.36. The molecule has 21 heavy (non-hydrogen) atoms. The number of benzene rings is 1. The average molecular weight is 287 g/mol. The zero-order valence-electron chi connectivity index (χ0n) is 13.3. The van der Waals surface area contributed by atoms with Crippen molar-refractivity contribution in [2.75, 3.05) is 0 Å². The number of aromatic nitrogens is 1. The Kier molecular flexibility index (Phi) is 4.37. The van der Waals surface area contributed by atoms with Gasteiger partial charge in [-0.3, -0.25) is 4.79 Å². The van der Waals surface area contributed by atoms with Crippen LogP contribution in [0.15, 0.2) is 30.5 Å². The number of carbonyl (C=O) groups is 1. The van der Waals surface area contributed by atoms with Crippen molar-refractivity contribution in [3.05, 3.63) is 36.0 Å². The Morgan fingerprint density at radius 3 is 2.62 bits per heavy atom. The highest BCUT2D eigenvalue weighted by molar-refractivity contribution is 5.84. The van der Waals surface area contributed by atoms with E-state index in [1.807, 2.05) is 19.1 Å². The number of hydrogen-bond acceptors (Lipinski definition) is 2. The van der Waals surface area contributed by atoms with Crippen molar-refractivity contribution in [2.45, 2.75) is 46.3 Å². The molecule has 4 heteroatoms. The lowest BCUT2D eigenvalue weighted by atomic mass is 10.1. The normalized spacial score (nSPS) is 13.5. The quantitative estimate of drug-likeness (QED) is 0.888. The molecule has 1 aromatic carbocycles. The van der Waals surface area contributed by atoms with Gasteiger partial charge in [-0.25, -0.2) is 0 Å². The number of primary amides is 1. The molecule has 1 unspecified atom stereocenters. The van der Waals surface area contributed by atoms with E-state index < -0.39 is 0 Å². The van der Waals surface area contributed by atoms with E-state index in [-0.39, 0.29) is 17.4 Å². The number of amides is 1. The second kappa shape index (κ2) is 5.90. The van der Waals surface area contributed by atoms with Crippen LogP contribution in [-0.2, 0) is 17.9 Å². The number of nitrogens with two attached hydrogens (primary N) is 1. The van der Waals surface area contributed by atoms with Crippen molar-refractivity contribution in [1.82, 2.24) is 9.88 Å².